The van der Waals surface area contributed by atoms with Crippen molar-refractivity contribution in [3.63, 3.8) is 0 Å². The second-order valence-electron chi connectivity index (χ2n) is 13.9. The summed E-state index contributed by atoms with van der Waals surface area (Å²) in [6.07, 6.45) is 10.7. The number of halogens is 1. The molecular weight excluding hydrogens is 592 g/mol. The summed E-state index contributed by atoms with van der Waals surface area (Å²) in [5.41, 5.74) is 3.82. The van der Waals surface area contributed by atoms with Crippen LogP contribution in [0.2, 0.25) is 5.02 Å². The van der Waals surface area contributed by atoms with E-state index >= 15 is 0 Å². The molecule has 6 nitrogen and oxygen atoms in total. The van der Waals surface area contributed by atoms with E-state index in [4.69, 9.17) is 21.1 Å². The fraction of sp³-hybridized carbons (Fsp3) is 0.556. The van der Waals surface area contributed by atoms with Gasteiger partial charge in [-0.2, -0.15) is 0 Å². The average Bonchev–Trinajstić information content (AvgIpc) is 3.10. The van der Waals surface area contributed by atoms with Gasteiger partial charge in [-0.1, -0.05) is 36.7 Å². The van der Waals surface area contributed by atoms with E-state index in [2.05, 4.69) is 60.5 Å². The highest BCUT2D eigenvalue weighted by Crippen LogP contribution is 2.47. The van der Waals surface area contributed by atoms with Crippen molar-refractivity contribution in [2.75, 3.05) is 24.6 Å². The van der Waals surface area contributed by atoms with E-state index in [9.17, 15) is 9.00 Å². The lowest BCUT2D eigenvalue weighted by molar-refractivity contribution is -0.0430. The molecule has 1 N–H and O–H groups in total. The second kappa shape index (κ2) is 12.4. The summed E-state index contributed by atoms with van der Waals surface area (Å²) in [6, 6.07) is 11.9. The summed E-state index contributed by atoms with van der Waals surface area (Å²) < 4.78 is 29.7. The number of aryl methyl sites for hydroxylation is 1. The molecule has 0 radical (unpaired) electrons. The Bertz CT molecular complexity index is 1540. The maximum Gasteiger partial charge on any atom is 0.262 e. The molecule has 0 aromatic heterocycles. The third-order valence-electron chi connectivity index (χ3n) is 10.6. The SMILES string of the molecule is C=S1(=O)NC(=O)c2ccc3c(c2)N(C[C@@H]2CC[C@H]2[C@@H](OC(C)C)/C=C/C[C@H](C)[C@H]1C)C[C@@]1(CCCc2cc(Cl)ccc21)CO3. The van der Waals surface area contributed by atoms with E-state index in [0.29, 0.717) is 24.0 Å². The van der Waals surface area contributed by atoms with E-state index in [1.54, 1.807) is 6.07 Å². The van der Waals surface area contributed by atoms with E-state index < -0.39 is 9.71 Å². The van der Waals surface area contributed by atoms with Crippen LogP contribution in [-0.4, -0.2) is 53.1 Å². The molecule has 2 aromatic rings. The summed E-state index contributed by atoms with van der Waals surface area (Å²) >= 11 is 6.44. The molecule has 7 atom stereocenters. The first-order valence-electron chi connectivity index (χ1n) is 16.3. The molecule has 8 heteroatoms. The molecule has 1 amide bonds. The molecule has 1 fully saturated rings. The first-order chi connectivity index (χ1) is 21.0. The van der Waals surface area contributed by atoms with Gasteiger partial charge in [-0.05, 0) is 124 Å². The van der Waals surface area contributed by atoms with Gasteiger partial charge in [0.25, 0.3) is 5.91 Å². The van der Waals surface area contributed by atoms with Crippen LogP contribution < -0.4 is 14.4 Å². The zero-order valence-corrected chi connectivity index (χ0v) is 28.1. The van der Waals surface area contributed by atoms with Crippen molar-refractivity contribution in [3.8, 4) is 5.75 Å². The zero-order chi connectivity index (χ0) is 31.2. The van der Waals surface area contributed by atoms with Crippen LogP contribution in [0.15, 0.2) is 48.6 Å². The van der Waals surface area contributed by atoms with E-state index in [0.717, 1.165) is 68.1 Å². The Balaban J connectivity index is 1.43. The number of nitrogens with one attached hydrogen (secondary N) is 1. The van der Waals surface area contributed by atoms with E-state index in [1.165, 1.54) is 11.1 Å². The molecule has 1 unspecified atom stereocenters. The number of amides is 1. The quantitative estimate of drug-likeness (QED) is 0.284. The maximum absolute atomic E-state index is 13.7. The van der Waals surface area contributed by atoms with Crippen molar-refractivity contribution >= 4 is 38.8 Å². The van der Waals surface area contributed by atoms with Gasteiger partial charge in [-0.3, -0.25) is 9.52 Å². The van der Waals surface area contributed by atoms with E-state index in [1.807, 2.05) is 25.1 Å². The monoisotopic (exact) mass is 638 g/mol. The molecule has 238 valence electrons. The summed E-state index contributed by atoms with van der Waals surface area (Å²) in [5.74, 6) is 5.34. The Morgan fingerprint density at radius 3 is 2.75 bits per heavy atom. The molecule has 2 bridgehead atoms. The molecular formula is C36H47ClN2O4S. The average molecular weight is 639 g/mol. The molecule has 2 aliphatic carbocycles. The van der Waals surface area contributed by atoms with Crippen LogP contribution in [0.5, 0.6) is 5.75 Å². The lowest BCUT2D eigenvalue weighted by Gasteiger charge is -2.46. The van der Waals surface area contributed by atoms with Gasteiger partial charge in [-0.15, -0.1) is 0 Å². The van der Waals surface area contributed by atoms with Crippen LogP contribution in [0.25, 0.3) is 0 Å². The van der Waals surface area contributed by atoms with Gasteiger partial charge < -0.3 is 14.4 Å². The van der Waals surface area contributed by atoms with E-state index in [-0.39, 0.29) is 34.7 Å². The number of rotatable bonds is 2. The number of carbonyl (C=O) groups is 1. The summed E-state index contributed by atoms with van der Waals surface area (Å²) in [7, 11) is -2.90. The minimum absolute atomic E-state index is 0.0218. The van der Waals surface area contributed by atoms with Crippen LogP contribution in [0, 0.1) is 17.8 Å². The Hall–Kier alpha value is -2.48. The third kappa shape index (κ3) is 6.17. The van der Waals surface area contributed by atoms with Crippen LogP contribution in [-0.2, 0) is 26.3 Å². The summed E-state index contributed by atoms with van der Waals surface area (Å²) in [6.45, 7) is 10.4. The van der Waals surface area contributed by atoms with Crippen molar-refractivity contribution in [1.29, 1.82) is 0 Å². The van der Waals surface area contributed by atoms with Crippen LogP contribution >= 0.6 is 11.6 Å². The maximum atomic E-state index is 13.7. The molecule has 0 saturated heterocycles. The van der Waals surface area contributed by atoms with Gasteiger partial charge >= 0.3 is 0 Å². The van der Waals surface area contributed by atoms with Gasteiger partial charge in [0.05, 0.1) is 34.2 Å². The Morgan fingerprint density at radius 1 is 1.18 bits per heavy atom. The highest BCUT2D eigenvalue weighted by molar-refractivity contribution is 7.99. The van der Waals surface area contributed by atoms with Crippen LogP contribution in [0.4, 0.5) is 5.69 Å². The molecule has 2 heterocycles. The molecule has 1 saturated carbocycles. The number of anilines is 1. The normalized spacial score (nSPS) is 34.6. The predicted molar refractivity (Wildman–Crippen MR) is 182 cm³/mol. The first kappa shape index (κ1) is 31.5. The van der Waals surface area contributed by atoms with Gasteiger partial charge in [-0.25, -0.2) is 4.21 Å². The minimum Gasteiger partial charge on any atom is -0.490 e. The minimum atomic E-state index is -2.90. The number of ether oxygens (including phenoxy) is 2. The van der Waals surface area contributed by atoms with Gasteiger partial charge in [0.2, 0.25) is 0 Å². The van der Waals surface area contributed by atoms with Gasteiger partial charge in [0.15, 0.2) is 0 Å². The van der Waals surface area contributed by atoms with Crippen molar-refractivity contribution in [2.24, 2.45) is 17.8 Å². The van der Waals surface area contributed by atoms with Gasteiger partial charge in [0, 0.05) is 34.3 Å². The lowest BCUT2D eigenvalue weighted by Crippen LogP contribution is -2.50. The lowest BCUT2D eigenvalue weighted by atomic mass is 9.68. The number of hydrogen-bond donors (Lipinski definition) is 1. The summed E-state index contributed by atoms with van der Waals surface area (Å²) in [4.78, 5) is 16.0. The highest BCUT2D eigenvalue weighted by Gasteiger charge is 2.44. The molecule has 6 rings (SSSR count). The number of allylic oxidation sites excluding steroid dienone is 1. The molecule has 2 aliphatic heterocycles. The molecule has 2 aromatic carbocycles. The Labute approximate surface area is 268 Å². The van der Waals surface area contributed by atoms with Crippen molar-refractivity contribution in [3.05, 3.63) is 70.3 Å². The third-order valence-corrected chi connectivity index (χ3v) is 13.0. The largest absolute Gasteiger partial charge is 0.490 e. The highest BCUT2D eigenvalue weighted by atomic mass is 35.5. The zero-order valence-electron chi connectivity index (χ0n) is 26.5. The predicted octanol–water partition coefficient (Wildman–Crippen LogP) is 6.98. The molecule has 44 heavy (non-hydrogen) atoms. The van der Waals surface area contributed by atoms with Crippen molar-refractivity contribution in [1.82, 2.24) is 4.72 Å². The topological polar surface area (TPSA) is 67.9 Å². The number of nitrogens with zero attached hydrogens (tertiary/aromatic N) is 1. The standard InChI is InChI=1S/C36H47ClN2O4S/c1-23(2)43-33-10-6-8-24(3)25(4)44(5,41)38-35(40)27-12-16-34-32(19-27)39(20-28-11-14-30(28)33)21-36(22-42-34)17-7-9-26-18-29(37)13-15-31(26)36/h6,10,12-13,15-16,18-19,23-25,28,30,33H,5,7-9,11,14,17,20-22H2,1-4H3,(H,38,40,41)/b10-6+/t24-,25+,28-,30+,33-,36-,44?/m0/s1. The fourth-order valence-corrected chi connectivity index (χ4v) is 9.37. The fourth-order valence-electron chi connectivity index (χ4n) is 7.70. The number of benzene rings is 2. The number of fused-ring (bicyclic) bond motifs is 4. The molecule has 1 spiro atoms. The van der Waals surface area contributed by atoms with Crippen molar-refractivity contribution in [2.45, 2.75) is 89.1 Å². The van der Waals surface area contributed by atoms with Crippen molar-refractivity contribution < 1.29 is 18.5 Å². The molecule has 4 aliphatic rings. The smallest absolute Gasteiger partial charge is 0.262 e. The number of hydrogen-bond acceptors (Lipinski definition) is 5. The first-order valence-corrected chi connectivity index (χ1v) is 18.4. The Morgan fingerprint density at radius 2 is 2.00 bits per heavy atom. The van der Waals surface area contributed by atoms with Crippen LogP contribution in [0.1, 0.15) is 81.3 Å². The second-order valence-corrected chi connectivity index (χ2v) is 16.8. The number of carbonyl (C=O) groups excluding carboxylic acids is 1. The Kier molecular flexibility index (Phi) is 8.86. The van der Waals surface area contributed by atoms with Crippen LogP contribution in [0.3, 0.4) is 0 Å². The van der Waals surface area contributed by atoms with Gasteiger partial charge in [0.1, 0.15) is 5.75 Å². The summed E-state index contributed by atoms with van der Waals surface area (Å²) in [5, 5.41) is 0.469.